The number of piperazine rings is 1. The number of benzene rings is 2. The Balaban J connectivity index is 0.722. The molecule has 14 rings (SSSR count). The van der Waals surface area contributed by atoms with Gasteiger partial charge in [-0.2, -0.15) is 18.4 Å². The predicted molar refractivity (Wildman–Crippen MR) is 321 cm³/mol. The molecule has 6 atom stereocenters. The molecule has 24 heteroatoms. The number of nitro groups is 1. The molecule has 11 heterocycles. The van der Waals surface area contributed by atoms with Gasteiger partial charge in [-0.05, 0) is 116 Å². The molecule has 23 nitrogen and oxygen atoms in total. The van der Waals surface area contributed by atoms with Crippen molar-refractivity contribution in [1.29, 1.82) is 0 Å². The highest BCUT2D eigenvalue weighted by atomic mass is 32.2. The third kappa shape index (κ3) is 10.5. The molecule has 2 unspecified atom stereocenters. The molecule has 8 aliphatic rings. The average Bonchev–Trinajstić information content (AvgIpc) is 0.977. The number of piperidine rings is 1. The number of fused-ring (bicyclic) bond motifs is 4. The number of nitrogens with zero attached hydrogens (tertiary/aromatic N) is 9. The van der Waals surface area contributed by atoms with Crippen LogP contribution >= 0.6 is 0 Å². The van der Waals surface area contributed by atoms with E-state index in [4.69, 9.17) is 38.4 Å². The van der Waals surface area contributed by atoms with Gasteiger partial charge in [0, 0.05) is 108 Å². The Bertz CT molecular complexity index is 3660. The summed E-state index contributed by atoms with van der Waals surface area (Å²) in [5, 5.41) is 15.9. The number of hydrogen-bond donors (Lipinski definition) is 3. The second-order valence-electron chi connectivity index (χ2n) is 24.5. The van der Waals surface area contributed by atoms with Crippen LogP contribution in [-0.2, 0) is 30.8 Å². The number of methoxy groups -OCH3 is 1. The molecule has 3 N–H and O–H groups in total. The summed E-state index contributed by atoms with van der Waals surface area (Å²) in [4.78, 5) is 56.2. The van der Waals surface area contributed by atoms with Gasteiger partial charge in [-0.15, -0.1) is 0 Å². The van der Waals surface area contributed by atoms with Crippen molar-refractivity contribution in [2.24, 2.45) is 17.3 Å². The highest BCUT2D eigenvalue weighted by Gasteiger charge is 2.56. The minimum Gasteiger partial charge on any atom is -0.493 e. The van der Waals surface area contributed by atoms with E-state index in [-0.39, 0.29) is 59.8 Å². The Morgan fingerprint density at radius 1 is 0.872 bits per heavy atom. The maximum Gasteiger partial charge on any atom is 0.300 e. The number of hydrogen-bond acceptors (Lipinski definition) is 20. The maximum absolute atomic E-state index is 15.0. The maximum atomic E-state index is 15.0. The van der Waals surface area contributed by atoms with Gasteiger partial charge in [0.1, 0.15) is 24.0 Å². The summed E-state index contributed by atoms with van der Waals surface area (Å²) in [6, 6.07) is 21.4. The first-order valence-corrected chi connectivity index (χ1v) is 31.8. The average molecular weight is 1200 g/mol. The van der Waals surface area contributed by atoms with Crippen molar-refractivity contribution in [3.63, 3.8) is 0 Å². The van der Waals surface area contributed by atoms with Crippen molar-refractivity contribution < 1.29 is 46.6 Å². The summed E-state index contributed by atoms with van der Waals surface area (Å²) in [6.07, 6.45) is 8.46. The van der Waals surface area contributed by atoms with Crippen molar-refractivity contribution in [3.05, 3.63) is 111 Å². The largest absolute Gasteiger partial charge is 0.493 e. The third-order valence-electron chi connectivity index (χ3n) is 19.9. The number of pyridine rings is 3. The number of H-pyrrole nitrogens is 1. The molecule has 5 saturated heterocycles. The smallest absolute Gasteiger partial charge is 0.300 e. The first kappa shape index (κ1) is 56.5. The number of morpholine rings is 1. The summed E-state index contributed by atoms with van der Waals surface area (Å²) in [6.45, 7) is 14.7. The molecule has 1 amide bonds. The highest BCUT2D eigenvalue weighted by Crippen LogP contribution is 2.57. The molecule has 6 aromatic rings. The summed E-state index contributed by atoms with van der Waals surface area (Å²) in [5.74, 6) is 1.43. The lowest BCUT2D eigenvalue weighted by Crippen LogP contribution is -2.64. The minimum absolute atomic E-state index is 0.00242. The van der Waals surface area contributed by atoms with Crippen LogP contribution in [0.3, 0.4) is 0 Å². The number of carbonyl (C=O) groups is 1. The van der Waals surface area contributed by atoms with Gasteiger partial charge in [0.25, 0.3) is 15.9 Å². The Morgan fingerprint density at radius 2 is 1.67 bits per heavy atom. The zero-order valence-electron chi connectivity index (χ0n) is 48.8. The zero-order chi connectivity index (χ0) is 58.8. The standard InChI is InChI=1S/C62H74N12O11S/c1-38-6-4-5-7-44(38)52-35-69(34-40-28-53(80-3)58(64-33-40)71-21-26-82-27-22-71)19-20-72(52)51-32-62(39(51)2)14-17-70(18-15-62)43-8-9-45(48(30-43)73-47-13-25-83-37-54(47)85-60-50(73)29-42-10-16-63-57(42)67-60)59(75)68-86(78,79)55-31-49(74(76)77)56-61(66-55)84-36-46(65-56)41-11-23-81-24-12-41/h4-10,16,28-31,33,39,41,46-47,51-52,54,65H,11-15,17-27,32,34-37H2,1-3H3,(H,63,67)(H,68,75)/t39?,46-,47-,51?,52-,54-/m0/s1. The predicted octanol–water partition coefficient (Wildman–Crippen LogP) is 7.38. The molecule has 1 spiro atoms. The van der Waals surface area contributed by atoms with Gasteiger partial charge in [-0.3, -0.25) is 24.7 Å². The number of aryl methyl sites for hydroxylation is 1. The molecule has 86 heavy (non-hydrogen) atoms. The van der Waals surface area contributed by atoms with Crippen LogP contribution in [0, 0.1) is 34.3 Å². The summed E-state index contributed by atoms with van der Waals surface area (Å²) in [7, 11) is -3.11. The number of anilines is 5. The second-order valence-corrected chi connectivity index (χ2v) is 26.1. The number of ether oxygens (including phenoxy) is 6. The molecule has 7 aliphatic heterocycles. The van der Waals surface area contributed by atoms with Gasteiger partial charge >= 0.3 is 5.69 Å². The van der Waals surface area contributed by atoms with E-state index < -0.39 is 37.7 Å². The van der Waals surface area contributed by atoms with Crippen LogP contribution in [-0.4, -0.2) is 172 Å². The van der Waals surface area contributed by atoms with Crippen LogP contribution in [0.4, 0.5) is 34.3 Å². The van der Waals surface area contributed by atoms with Gasteiger partial charge in [-0.25, -0.2) is 9.71 Å². The third-order valence-corrected chi connectivity index (χ3v) is 21.1. The fourth-order valence-electron chi connectivity index (χ4n) is 15.0. The van der Waals surface area contributed by atoms with E-state index in [9.17, 15) is 23.3 Å². The van der Waals surface area contributed by atoms with Gasteiger partial charge in [-0.1, -0.05) is 31.2 Å². The lowest BCUT2D eigenvalue weighted by atomic mass is 9.53. The Hall–Kier alpha value is -7.35. The first-order chi connectivity index (χ1) is 41.8. The van der Waals surface area contributed by atoms with E-state index in [1.165, 1.54) is 11.1 Å². The first-order valence-electron chi connectivity index (χ1n) is 30.3. The number of carbonyl (C=O) groups excluding carboxylic acids is 1. The van der Waals surface area contributed by atoms with Gasteiger partial charge in [0.2, 0.25) is 11.8 Å². The van der Waals surface area contributed by atoms with E-state index in [0.717, 1.165) is 119 Å². The monoisotopic (exact) mass is 1190 g/mol. The number of sulfonamides is 1. The normalized spacial score (nSPS) is 25.2. The van der Waals surface area contributed by atoms with Crippen molar-refractivity contribution in [1.82, 2.24) is 34.5 Å². The second kappa shape index (κ2) is 23.1. The van der Waals surface area contributed by atoms with Crippen LogP contribution in [0.15, 0.2) is 84.1 Å². The topological polar surface area (TPSA) is 244 Å². The van der Waals surface area contributed by atoms with E-state index in [1.807, 2.05) is 30.5 Å². The van der Waals surface area contributed by atoms with Gasteiger partial charge in [0.05, 0.1) is 61.3 Å². The van der Waals surface area contributed by atoms with E-state index in [0.29, 0.717) is 74.3 Å². The van der Waals surface area contributed by atoms with Crippen LogP contribution < -0.4 is 38.9 Å². The minimum atomic E-state index is -4.83. The molecule has 6 fully saturated rings. The number of aromatic nitrogens is 4. The van der Waals surface area contributed by atoms with E-state index >= 15 is 0 Å². The molecule has 1 aliphatic carbocycles. The SMILES string of the molecule is COc1cc(CN2CCN(C3CC4(CCN(c5ccc(C(=O)NS(=O)(=O)c6cc([N+](=O)[O-])c7c(n6)OC[C@@H](C6CCOCC6)N7)c(N6c7cc8cc[nH]c8nc7O[C@H]7COCC[C@@H]76)c5)CC4)C3C)[C@H](c3ccccc3C)C2)cnc1N1CCOCC1. The molecule has 1 saturated carbocycles. The van der Waals surface area contributed by atoms with Gasteiger partial charge < -0.3 is 53.4 Å². The molecule has 4 aromatic heterocycles. The lowest BCUT2D eigenvalue weighted by molar-refractivity contribution is -0.384. The summed E-state index contributed by atoms with van der Waals surface area (Å²) < 4.78 is 66.7. The highest BCUT2D eigenvalue weighted by molar-refractivity contribution is 7.90. The summed E-state index contributed by atoms with van der Waals surface area (Å²) in [5.41, 5.74) is 6.10. The molecular weight excluding hydrogens is 1120 g/mol. The van der Waals surface area contributed by atoms with Crippen LogP contribution in [0.2, 0.25) is 0 Å². The fourth-order valence-corrected chi connectivity index (χ4v) is 15.9. The number of nitrogens with one attached hydrogen (secondary N) is 3. The van der Waals surface area contributed by atoms with E-state index in [1.54, 1.807) is 19.4 Å². The fraction of sp³-hybridized carbons (Fsp3) is 0.516. The van der Waals surface area contributed by atoms with Crippen LogP contribution in [0.5, 0.6) is 17.5 Å². The van der Waals surface area contributed by atoms with Crippen LogP contribution in [0.25, 0.3) is 11.0 Å². The van der Waals surface area contributed by atoms with E-state index in [2.05, 4.69) is 88.7 Å². The summed E-state index contributed by atoms with van der Waals surface area (Å²) >= 11 is 0. The number of amides is 1. The van der Waals surface area contributed by atoms with Crippen LogP contribution in [0.1, 0.15) is 78.5 Å². The number of aromatic amines is 1. The molecule has 0 bridgehead atoms. The molecule has 454 valence electrons. The Kier molecular flexibility index (Phi) is 15.1. The lowest BCUT2D eigenvalue weighted by Gasteiger charge is -2.62. The van der Waals surface area contributed by atoms with Crippen molar-refractivity contribution in [2.45, 2.75) is 94.2 Å². The van der Waals surface area contributed by atoms with Crippen molar-refractivity contribution in [2.75, 3.05) is 119 Å². The molecule has 0 radical (unpaired) electrons. The quantitative estimate of drug-likeness (QED) is 0.0754. The Morgan fingerprint density at radius 3 is 2.47 bits per heavy atom. The molecule has 2 aromatic carbocycles. The van der Waals surface area contributed by atoms with Crippen molar-refractivity contribution >= 4 is 61.2 Å². The number of rotatable bonds is 13. The Labute approximate surface area is 499 Å². The van der Waals surface area contributed by atoms with Gasteiger partial charge in [0.15, 0.2) is 22.3 Å². The van der Waals surface area contributed by atoms with Crippen molar-refractivity contribution in [3.8, 4) is 17.5 Å². The molecular formula is C62H74N12O11S. The zero-order valence-corrected chi connectivity index (χ0v) is 49.6.